The van der Waals surface area contributed by atoms with Crippen LogP contribution in [0.15, 0.2) is 23.0 Å². The van der Waals surface area contributed by atoms with Crippen LogP contribution in [0, 0.1) is 11.8 Å². The third-order valence-electron chi connectivity index (χ3n) is 7.84. The van der Waals surface area contributed by atoms with Crippen molar-refractivity contribution in [3.8, 4) is 0 Å². The van der Waals surface area contributed by atoms with Crippen molar-refractivity contribution in [2.45, 2.75) is 82.1 Å². The highest BCUT2D eigenvalue weighted by atomic mass is 16.3. The Kier molecular flexibility index (Phi) is 5.50. The van der Waals surface area contributed by atoms with Crippen LogP contribution in [0.1, 0.15) is 63.1 Å². The average molecular weight is 429 g/mol. The zero-order chi connectivity index (χ0) is 21.5. The lowest BCUT2D eigenvalue weighted by Crippen LogP contribution is -2.55. The van der Waals surface area contributed by atoms with E-state index in [1.807, 2.05) is 6.07 Å². The molecule has 1 aromatic rings. The van der Waals surface area contributed by atoms with Crippen LogP contribution in [-0.4, -0.2) is 51.2 Å². The van der Waals surface area contributed by atoms with E-state index in [1.165, 1.54) is 6.07 Å². The van der Waals surface area contributed by atoms with Crippen molar-refractivity contribution in [3.05, 3.63) is 34.2 Å². The Morgan fingerprint density at radius 3 is 2.29 bits per heavy atom. The molecule has 4 atom stereocenters. The molecule has 2 saturated carbocycles. The molecule has 2 aliphatic heterocycles. The van der Waals surface area contributed by atoms with E-state index in [9.17, 15) is 19.5 Å². The zero-order valence-corrected chi connectivity index (χ0v) is 17.8. The lowest BCUT2D eigenvalue weighted by Gasteiger charge is -2.32. The number of aliphatic hydroxyl groups excluding tert-OH is 1. The second kappa shape index (κ2) is 8.30. The number of hydrogen-bond acceptors (Lipinski definition) is 4. The highest BCUT2D eigenvalue weighted by Crippen LogP contribution is 2.49. The Morgan fingerprint density at radius 2 is 1.65 bits per heavy atom. The molecule has 3 heterocycles. The molecule has 168 valence electrons. The smallest absolute Gasteiger partial charge is 0.318 e. The molecule has 2 aliphatic carbocycles. The highest BCUT2D eigenvalue weighted by Gasteiger charge is 2.57. The van der Waals surface area contributed by atoms with Gasteiger partial charge in [-0.3, -0.25) is 9.59 Å². The van der Waals surface area contributed by atoms with Gasteiger partial charge in [-0.2, -0.15) is 0 Å². The van der Waals surface area contributed by atoms with E-state index < -0.39 is 12.0 Å². The summed E-state index contributed by atoms with van der Waals surface area (Å²) < 4.78 is 1.69. The van der Waals surface area contributed by atoms with Crippen LogP contribution < -0.4 is 16.2 Å². The van der Waals surface area contributed by atoms with Crippen molar-refractivity contribution >= 4 is 11.9 Å². The fourth-order valence-corrected chi connectivity index (χ4v) is 6.34. The third kappa shape index (κ3) is 3.54. The summed E-state index contributed by atoms with van der Waals surface area (Å²) in [6.45, 7) is 0.227. The second-order valence-corrected chi connectivity index (χ2v) is 9.63. The molecule has 0 spiro atoms. The Balaban J connectivity index is 1.49. The first kappa shape index (κ1) is 20.5. The maximum Gasteiger partial charge on any atom is 0.318 e. The maximum atomic E-state index is 13.5. The van der Waals surface area contributed by atoms with Gasteiger partial charge in [0.25, 0.3) is 5.56 Å². The summed E-state index contributed by atoms with van der Waals surface area (Å²) >= 11 is 0. The summed E-state index contributed by atoms with van der Waals surface area (Å²) in [7, 11) is 0. The van der Waals surface area contributed by atoms with Crippen LogP contribution in [0.3, 0.4) is 0 Å². The van der Waals surface area contributed by atoms with Gasteiger partial charge in [0.15, 0.2) is 0 Å². The van der Waals surface area contributed by atoms with Gasteiger partial charge in [-0.05, 0) is 31.7 Å². The molecule has 1 aromatic heterocycles. The van der Waals surface area contributed by atoms with E-state index in [2.05, 4.69) is 10.6 Å². The highest BCUT2D eigenvalue weighted by molar-refractivity contribution is 5.89. The van der Waals surface area contributed by atoms with Gasteiger partial charge in [0.1, 0.15) is 6.04 Å². The molecular formula is C23H32N4O4. The molecule has 0 aromatic carbocycles. The fourth-order valence-electron chi connectivity index (χ4n) is 6.34. The molecule has 8 nitrogen and oxygen atoms in total. The number of pyridine rings is 1. The lowest BCUT2D eigenvalue weighted by atomic mass is 9.88. The molecular weight excluding hydrogens is 396 g/mol. The third-order valence-corrected chi connectivity index (χ3v) is 7.84. The quantitative estimate of drug-likeness (QED) is 0.676. The maximum absolute atomic E-state index is 13.5. The van der Waals surface area contributed by atoms with Crippen LogP contribution in [0.4, 0.5) is 4.79 Å². The van der Waals surface area contributed by atoms with E-state index in [0.717, 1.165) is 57.1 Å². The Bertz CT molecular complexity index is 903. The summed E-state index contributed by atoms with van der Waals surface area (Å²) in [6.07, 6.45) is 8.22. The van der Waals surface area contributed by atoms with Crippen LogP contribution in [-0.2, 0) is 11.3 Å². The molecule has 0 radical (unpaired) electrons. The standard InChI is InChI=1S/C23H32N4O4/c28-13-17-16-12-26-18(10-5-11-19(26)29)20(16)27(23(31)25-15-8-3-4-9-15)21(17)22(30)24-14-6-1-2-7-14/h5,10-11,14-17,20-21,28H,1-4,6-9,12-13H2,(H,24,30)(H,25,31)/t16-,17-,20+,21-/m1/s1. The number of hydrogen-bond donors (Lipinski definition) is 3. The number of nitrogens with zero attached hydrogens (tertiary/aromatic N) is 2. The first-order valence-electron chi connectivity index (χ1n) is 11.8. The number of rotatable bonds is 4. The van der Waals surface area contributed by atoms with Crippen molar-refractivity contribution in [1.82, 2.24) is 20.1 Å². The molecule has 0 unspecified atom stereocenters. The van der Waals surface area contributed by atoms with E-state index in [1.54, 1.807) is 15.5 Å². The number of amides is 3. The van der Waals surface area contributed by atoms with Gasteiger partial charge in [-0.25, -0.2) is 4.79 Å². The normalized spacial score (nSPS) is 30.4. The molecule has 5 rings (SSSR count). The minimum atomic E-state index is -0.730. The summed E-state index contributed by atoms with van der Waals surface area (Å²) in [6, 6.07) is 3.99. The molecule has 3 fully saturated rings. The van der Waals surface area contributed by atoms with Crippen molar-refractivity contribution in [1.29, 1.82) is 0 Å². The number of carbonyl (C=O) groups is 2. The van der Waals surface area contributed by atoms with Crippen LogP contribution in [0.25, 0.3) is 0 Å². The Morgan fingerprint density at radius 1 is 1.00 bits per heavy atom. The van der Waals surface area contributed by atoms with Gasteiger partial charge in [-0.1, -0.05) is 31.7 Å². The summed E-state index contributed by atoms with van der Waals surface area (Å²) in [4.78, 5) is 41.0. The summed E-state index contributed by atoms with van der Waals surface area (Å²) in [5, 5.41) is 16.6. The van der Waals surface area contributed by atoms with E-state index >= 15 is 0 Å². The number of carbonyl (C=O) groups excluding carboxylic acids is 2. The number of urea groups is 1. The van der Waals surface area contributed by atoms with Gasteiger partial charge >= 0.3 is 6.03 Å². The van der Waals surface area contributed by atoms with Crippen LogP contribution in [0.5, 0.6) is 0 Å². The van der Waals surface area contributed by atoms with Crippen molar-refractivity contribution in [2.75, 3.05) is 6.61 Å². The first-order chi connectivity index (χ1) is 15.1. The van der Waals surface area contributed by atoms with Crippen molar-refractivity contribution in [2.24, 2.45) is 11.8 Å². The molecule has 3 amide bonds. The predicted molar refractivity (Wildman–Crippen MR) is 114 cm³/mol. The van der Waals surface area contributed by atoms with Crippen LogP contribution in [0.2, 0.25) is 0 Å². The second-order valence-electron chi connectivity index (χ2n) is 9.63. The first-order valence-corrected chi connectivity index (χ1v) is 11.8. The SMILES string of the molecule is O=C(NC1CCCC1)[C@H]1[C@H](CO)[C@H]2Cn3c(cccc3=O)[C@H]2N1C(=O)NC1CCCC1. The van der Waals surface area contributed by atoms with E-state index in [0.29, 0.717) is 6.54 Å². The predicted octanol–water partition coefficient (Wildman–Crippen LogP) is 1.52. The van der Waals surface area contributed by atoms with Gasteiger partial charge in [0.2, 0.25) is 5.91 Å². The summed E-state index contributed by atoms with van der Waals surface area (Å²) in [5.74, 6) is -0.736. The van der Waals surface area contributed by atoms with Gasteiger partial charge < -0.3 is 25.2 Å². The van der Waals surface area contributed by atoms with E-state index in [-0.39, 0.29) is 48.1 Å². The molecule has 0 bridgehead atoms. The van der Waals surface area contributed by atoms with Gasteiger partial charge in [0, 0.05) is 48.8 Å². The largest absolute Gasteiger partial charge is 0.396 e. The number of aliphatic hydroxyl groups is 1. The fraction of sp³-hybridized carbons (Fsp3) is 0.696. The molecule has 31 heavy (non-hydrogen) atoms. The molecule has 3 N–H and O–H groups in total. The molecule has 8 heteroatoms. The number of fused-ring (bicyclic) bond motifs is 3. The van der Waals surface area contributed by atoms with Crippen molar-refractivity contribution < 1.29 is 14.7 Å². The van der Waals surface area contributed by atoms with Crippen LogP contribution >= 0.6 is 0 Å². The molecule has 1 saturated heterocycles. The minimum Gasteiger partial charge on any atom is -0.396 e. The average Bonchev–Trinajstić information content (AvgIpc) is 3.52. The Labute approximate surface area is 182 Å². The Hall–Kier alpha value is -2.35. The van der Waals surface area contributed by atoms with Gasteiger partial charge in [0.05, 0.1) is 6.04 Å². The van der Waals surface area contributed by atoms with Crippen molar-refractivity contribution in [3.63, 3.8) is 0 Å². The minimum absolute atomic E-state index is 0.105. The van der Waals surface area contributed by atoms with E-state index in [4.69, 9.17) is 0 Å². The number of likely N-dealkylation sites (tertiary alicyclic amines) is 1. The monoisotopic (exact) mass is 428 g/mol. The number of nitrogens with one attached hydrogen (secondary N) is 2. The lowest BCUT2D eigenvalue weighted by molar-refractivity contribution is -0.127. The summed E-state index contributed by atoms with van der Waals surface area (Å²) in [5.41, 5.74) is 0.653. The topological polar surface area (TPSA) is 104 Å². The van der Waals surface area contributed by atoms with Gasteiger partial charge in [-0.15, -0.1) is 0 Å². The zero-order valence-electron chi connectivity index (χ0n) is 17.8. The molecule has 4 aliphatic rings. The number of aromatic nitrogens is 1.